The first-order valence-electron chi connectivity index (χ1n) is 9.86. The molecule has 2 heterocycles. The lowest BCUT2D eigenvalue weighted by molar-refractivity contribution is -0.113. The number of hydrogen-bond acceptors (Lipinski definition) is 8. The van der Waals surface area contributed by atoms with E-state index in [1.165, 1.54) is 48.4 Å². The number of nitrogens with one attached hydrogen (secondary N) is 1. The van der Waals surface area contributed by atoms with Gasteiger partial charge in [-0.25, -0.2) is 9.18 Å². The lowest BCUT2D eigenvalue weighted by Crippen LogP contribution is -2.16. The summed E-state index contributed by atoms with van der Waals surface area (Å²) in [6.45, 7) is 6.28. The lowest BCUT2D eigenvalue weighted by Gasteiger charge is -2.09. The van der Waals surface area contributed by atoms with Gasteiger partial charge in [0.1, 0.15) is 23.2 Å². The second kappa shape index (κ2) is 11.0. The van der Waals surface area contributed by atoms with Crippen molar-refractivity contribution in [2.45, 2.75) is 39.1 Å². The molecule has 12 heteroatoms. The number of ether oxygens (including phenoxy) is 2. The molecule has 8 nitrogen and oxygen atoms in total. The Balaban J connectivity index is 1.63. The molecule has 0 atom stereocenters. The average molecular weight is 513 g/mol. The number of thiophene rings is 1. The Bertz CT molecular complexity index is 1180. The lowest BCUT2D eigenvalue weighted by atomic mass is 10.1. The molecular formula is C21H22ClFN4O4S2. The van der Waals surface area contributed by atoms with Crippen molar-refractivity contribution in [3.63, 3.8) is 0 Å². The third kappa shape index (κ3) is 5.84. The van der Waals surface area contributed by atoms with Crippen LogP contribution in [0.2, 0.25) is 5.02 Å². The molecule has 0 fully saturated rings. The maximum atomic E-state index is 13.3. The number of benzene rings is 1. The first-order chi connectivity index (χ1) is 15.7. The topological polar surface area (TPSA) is 95.3 Å². The molecule has 3 rings (SSSR count). The number of methoxy groups -OCH3 is 1. The van der Waals surface area contributed by atoms with E-state index in [-0.39, 0.29) is 23.3 Å². The smallest absolute Gasteiger partial charge is 0.341 e. The molecule has 0 spiro atoms. The number of rotatable bonds is 9. The zero-order chi connectivity index (χ0) is 24.1. The standard InChI is InChI=1S/C21H22ClFN4O4S2/c1-5-27-16(9-31-13-6-7-15(23)14(22)8-13)25-26-21(27)32-10-17(28)24-19-18(20(29)30-4)11(2)12(3)33-19/h6-8H,5,9-10H2,1-4H3,(H,24,28). The number of carbonyl (C=O) groups is 2. The molecule has 1 N–H and O–H groups in total. The van der Waals surface area contributed by atoms with Gasteiger partial charge in [-0.1, -0.05) is 23.4 Å². The summed E-state index contributed by atoms with van der Waals surface area (Å²) >= 11 is 8.32. The average Bonchev–Trinajstić information content (AvgIpc) is 3.31. The number of nitrogens with zero attached hydrogens (tertiary/aromatic N) is 3. The van der Waals surface area contributed by atoms with Gasteiger partial charge in [0.05, 0.1) is 23.4 Å². The van der Waals surface area contributed by atoms with Crippen molar-refractivity contribution in [1.82, 2.24) is 14.8 Å². The minimum absolute atomic E-state index is 0.0294. The second-order valence-electron chi connectivity index (χ2n) is 6.82. The van der Waals surface area contributed by atoms with Gasteiger partial charge in [0.15, 0.2) is 11.0 Å². The summed E-state index contributed by atoms with van der Waals surface area (Å²) in [7, 11) is 1.31. The molecule has 0 aliphatic carbocycles. The Hall–Kier alpha value is -2.63. The van der Waals surface area contributed by atoms with Crippen molar-refractivity contribution in [2.75, 3.05) is 18.2 Å². The first kappa shape index (κ1) is 25.0. The number of amides is 1. The van der Waals surface area contributed by atoms with E-state index >= 15 is 0 Å². The number of aryl methyl sites for hydroxylation is 1. The minimum atomic E-state index is -0.524. The molecule has 176 valence electrons. The van der Waals surface area contributed by atoms with Crippen LogP contribution < -0.4 is 10.1 Å². The number of esters is 1. The van der Waals surface area contributed by atoms with Gasteiger partial charge >= 0.3 is 5.97 Å². The van der Waals surface area contributed by atoms with Crippen molar-refractivity contribution in [3.05, 3.63) is 50.9 Å². The van der Waals surface area contributed by atoms with Gasteiger partial charge in [-0.2, -0.15) is 0 Å². The fourth-order valence-electron chi connectivity index (χ4n) is 2.92. The van der Waals surface area contributed by atoms with Gasteiger partial charge in [-0.15, -0.1) is 21.5 Å². The van der Waals surface area contributed by atoms with E-state index in [0.717, 1.165) is 10.4 Å². The molecule has 0 bridgehead atoms. The summed E-state index contributed by atoms with van der Waals surface area (Å²) in [6.07, 6.45) is 0. The van der Waals surface area contributed by atoms with Crippen LogP contribution in [0.15, 0.2) is 23.4 Å². The zero-order valence-electron chi connectivity index (χ0n) is 18.4. The van der Waals surface area contributed by atoms with Crippen LogP contribution in [0.25, 0.3) is 0 Å². The Morgan fingerprint density at radius 2 is 2.06 bits per heavy atom. The fourth-order valence-corrected chi connectivity index (χ4v) is 4.98. The molecule has 3 aromatic rings. The number of carbonyl (C=O) groups excluding carboxylic acids is 2. The molecule has 0 saturated heterocycles. The highest BCUT2D eigenvalue weighted by atomic mass is 35.5. The second-order valence-corrected chi connectivity index (χ2v) is 9.40. The highest BCUT2D eigenvalue weighted by molar-refractivity contribution is 7.99. The van der Waals surface area contributed by atoms with E-state index in [1.807, 2.05) is 25.3 Å². The molecule has 0 aliphatic rings. The Morgan fingerprint density at radius 3 is 2.73 bits per heavy atom. The van der Waals surface area contributed by atoms with Crippen LogP contribution in [0.4, 0.5) is 9.39 Å². The summed E-state index contributed by atoms with van der Waals surface area (Å²) in [5.41, 5.74) is 1.16. The van der Waals surface area contributed by atoms with Gasteiger partial charge in [0, 0.05) is 17.5 Å². The number of aromatic nitrogens is 3. The third-order valence-corrected chi connectivity index (χ3v) is 7.11. The number of anilines is 1. The summed E-state index contributed by atoms with van der Waals surface area (Å²) < 4.78 is 25.6. The van der Waals surface area contributed by atoms with Crippen LogP contribution >= 0.6 is 34.7 Å². The van der Waals surface area contributed by atoms with Crippen LogP contribution in [0, 0.1) is 19.7 Å². The van der Waals surface area contributed by atoms with Crippen LogP contribution in [0.5, 0.6) is 5.75 Å². The van der Waals surface area contributed by atoms with Crippen molar-refractivity contribution < 1.29 is 23.5 Å². The summed E-state index contributed by atoms with van der Waals surface area (Å²) in [6, 6.07) is 4.09. The Kier molecular flexibility index (Phi) is 8.33. The van der Waals surface area contributed by atoms with E-state index in [0.29, 0.717) is 33.8 Å². The van der Waals surface area contributed by atoms with Crippen LogP contribution in [-0.4, -0.2) is 39.5 Å². The van der Waals surface area contributed by atoms with Crippen LogP contribution in [0.3, 0.4) is 0 Å². The fraction of sp³-hybridized carbons (Fsp3) is 0.333. The van der Waals surface area contributed by atoms with Gasteiger partial charge in [-0.05, 0) is 38.5 Å². The number of thioether (sulfide) groups is 1. The van der Waals surface area contributed by atoms with E-state index in [9.17, 15) is 14.0 Å². The maximum absolute atomic E-state index is 13.3. The monoisotopic (exact) mass is 512 g/mol. The summed E-state index contributed by atoms with van der Waals surface area (Å²) in [4.78, 5) is 25.6. The summed E-state index contributed by atoms with van der Waals surface area (Å²) in [5, 5.41) is 12.1. The zero-order valence-corrected chi connectivity index (χ0v) is 20.8. The summed E-state index contributed by atoms with van der Waals surface area (Å²) in [5.74, 6) is -0.261. The predicted octanol–water partition coefficient (Wildman–Crippen LogP) is 4.87. The normalized spacial score (nSPS) is 10.8. The predicted molar refractivity (Wildman–Crippen MR) is 126 cm³/mol. The van der Waals surface area contributed by atoms with Gasteiger partial charge in [0.2, 0.25) is 5.91 Å². The van der Waals surface area contributed by atoms with Gasteiger partial charge in [-0.3, -0.25) is 4.79 Å². The number of hydrogen-bond donors (Lipinski definition) is 1. The first-order valence-corrected chi connectivity index (χ1v) is 12.0. The molecule has 0 radical (unpaired) electrons. The van der Waals surface area contributed by atoms with E-state index in [4.69, 9.17) is 21.1 Å². The van der Waals surface area contributed by atoms with Crippen molar-refractivity contribution in [3.8, 4) is 5.75 Å². The largest absolute Gasteiger partial charge is 0.486 e. The minimum Gasteiger partial charge on any atom is -0.486 e. The van der Waals surface area contributed by atoms with E-state index < -0.39 is 11.8 Å². The van der Waals surface area contributed by atoms with Crippen molar-refractivity contribution in [2.24, 2.45) is 0 Å². The SMILES string of the molecule is CCn1c(COc2ccc(F)c(Cl)c2)nnc1SCC(=O)Nc1sc(C)c(C)c1C(=O)OC. The van der Waals surface area contributed by atoms with E-state index in [2.05, 4.69) is 15.5 Å². The number of halogens is 2. The molecule has 0 unspecified atom stereocenters. The highest BCUT2D eigenvalue weighted by Crippen LogP contribution is 2.33. The Morgan fingerprint density at radius 1 is 1.30 bits per heavy atom. The van der Waals surface area contributed by atoms with Crippen LogP contribution in [0.1, 0.15) is 33.5 Å². The molecule has 2 aromatic heterocycles. The molecule has 33 heavy (non-hydrogen) atoms. The maximum Gasteiger partial charge on any atom is 0.341 e. The molecule has 0 aliphatic heterocycles. The van der Waals surface area contributed by atoms with Gasteiger partial charge in [0.25, 0.3) is 0 Å². The van der Waals surface area contributed by atoms with Crippen molar-refractivity contribution in [1.29, 1.82) is 0 Å². The van der Waals surface area contributed by atoms with E-state index in [1.54, 1.807) is 0 Å². The highest BCUT2D eigenvalue weighted by Gasteiger charge is 2.22. The molecule has 0 saturated carbocycles. The molecule has 1 aromatic carbocycles. The van der Waals surface area contributed by atoms with Crippen LogP contribution in [-0.2, 0) is 22.7 Å². The van der Waals surface area contributed by atoms with Crippen molar-refractivity contribution >= 4 is 51.6 Å². The Labute approximate surface area is 203 Å². The van der Waals surface area contributed by atoms with Gasteiger partial charge < -0.3 is 19.4 Å². The quantitative estimate of drug-likeness (QED) is 0.323. The third-order valence-electron chi connectivity index (χ3n) is 4.73. The molecular weight excluding hydrogens is 491 g/mol. The molecule has 1 amide bonds.